The minimum Gasteiger partial charge on any atom is -0.480 e. The molecule has 0 aliphatic heterocycles. The average molecular weight is 299 g/mol. The van der Waals surface area contributed by atoms with Crippen molar-refractivity contribution in [3.8, 4) is 0 Å². The van der Waals surface area contributed by atoms with Crippen molar-refractivity contribution in [1.82, 2.24) is 15.5 Å². The number of carbonyl (C=O) groups is 3. The van der Waals surface area contributed by atoms with Crippen LogP contribution < -0.4 is 10.6 Å². The van der Waals surface area contributed by atoms with Gasteiger partial charge in [0.25, 0.3) is 0 Å². The van der Waals surface area contributed by atoms with Gasteiger partial charge in [0.15, 0.2) is 0 Å². The van der Waals surface area contributed by atoms with E-state index in [-0.39, 0.29) is 37.5 Å². The highest BCUT2D eigenvalue weighted by Crippen LogP contribution is 2.23. The molecule has 0 radical (unpaired) electrons. The highest BCUT2D eigenvalue weighted by molar-refractivity contribution is 5.81. The second-order valence-corrected chi connectivity index (χ2v) is 5.66. The fourth-order valence-corrected chi connectivity index (χ4v) is 2.51. The van der Waals surface area contributed by atoms with Crippen LogP contribution in [0.5, 0.6) is 0 Å². The zero-order chi connectivity index (χ0) is 15.8. The Bertz CT molecular complexity index is 378. The van der Waals surface area contributed by atoms with E-state index >= 15 is 0 Å². The number of hydrogen-bond donors (Lipinski definition) is 3. The van der Waals surface area contributed by atoms with Crippen LogP contribution in [0.1, 0.15) is 46.0 Å². The number of urea groups is 1. The topological polar surface area (TPSA) is 98.7 Å². The van der Waals surface area contributed by atoms with Gasteiger partial charge in [0.2, 0.25) is 5.91 Å². The zero-order valence-electron chi connectivity index (χ0n) is 12.7. The van der Waals surface area contributed by atoms with Crippen LogP contribution in [0.4, 0.5) is 4.79 Å². The molecule has 1 saturated carbocycles. The molecule has 0 aromatic heterocycles. The number of rotatable bonds is 7. The molecule has 0 unspecified atom stereocenters. The van der Waals surface area contributed by atoms with Gasteiger partial charge in [0.1, 0.15) is 6.54 Å². The molecular formula is C14H25N3O4. The first-order valence-electron chi connectivity index (χ1n) is 7.45. The number of carboxylic acids is 1. The van der Waals surface area contributed by atoms with Gasteiger partial charge in [-0.3, -0.25) is 9.59 Å². The van der Waals surface area contributed by atoms with Gasteiger partial charge in [-0.25, -0.2) is 4.79 Å². The maximum atomic E-state index is 12.1. The van der Waals surface area contributed by atoms with Crippen LogP contribution in [-0.2, 0) is 9.59 Å². The minimum atomic E-state index is -1.02. The van der Waals surface area contributed by atoms with Gasteiger partial charge in [-0.15, -0.1) is 0 Å². The highest BCUT2D eigenvalue weighted by Gasteiger charge is 2.28. The average Bonchev–Trinajstić information content (AvgIpc) is 2.88. The minimum absolute atomic E-state index is 0.00871. The summed E-state index contributed by atoms with van der Waals surface area (Å²) >= 11 is 0. The molecule has 7 nitrogen and oxygen atoms in total. The SMILES string of the molecule is CC(C)NC(=O)CCNC(=O)N(CC(=O)O)C1CCCC1. The molecule has 3 amide bonds. The van der Waals surface area contributed by atoms with Crippen molar-refractivity contribution < 1.29 is 19.5 Å². The molecule has 3 N–H and O–H groups in total. The van der Waals surface area contributed by atoms with Gasteiger partial charge in [0, 0.05) is 25.0 Å². The Morgan fingerprint density at radius 3 is 2.38 bits per heavy atom. The Balaban J connectivity index is 2.41. The van der Waals surface area contributed by atoms with Crippen molar-refractivity contribution >= 4 is 17.9 Å². The standard InChI is InChI=1S/C14H25N3O4/c1-10(2)16-12(18)7-8-15-14(21)17(9-13(19)20)11-5-3-4-6-11/h10-11H,3-9H2,1-2H3,(H,15,21)(H,16,18)(H,19,20). The number of hydrogen-bond acceptors (Lipinski definition) is 3. The molecule has 0 heterocycles. The number of nitrogens with one attached hydrogen (secondary N) is 2. The van der Waals surface area contributed by atoms with Crippen LogP contribution in [0.3, 0.4) is 0 Å². The van der Waals surface area contributed by atoms with Crippen molar-refractivity contribution in [1.29, 1.82) is 0 Å². The molecule has 0 bridgehead atoms. The van der Waals surface area contributed by atoms with Crippen molar-refractivity contribution in [2.45, 2.75) is 58.0 Å². The first-order chi connectivity index (χ1) is 9.90. The molecule has 0 aromatic rings. The number of nitrogens with zero attached hydrogens (tertiary/aromatic N) is 1. The molecule has 1 aliphatic carbocycles. The van der Waals surface area contributed by atoms with Crippen LogP contribution in [0, 0.1) is 0 Å². The van der Waals surface area contributed by atoms with Gasteiger partial charge >= 0.3 is 12.0 Å². The van der Waals surface area contributed by atoms with Crippen LogP contribution in [0.2, 0.25) is 0 Å². The lowest BCUT2D eigenvalue weighted by Gasteiger charge is -2.27. The maximum Gasteiger partial charge on any atom is 0.323 e. The van der Waals surface area contributed by atoms with Crippen LogP contribution in [0.25, 0.3) is 0 Å². The Morgan fingerprint density at radius 1 is 1.24 bits per heavy atom. The van der Waals surface area contributed by atoms with E-state index in [1.54, 1.807) is 0 Å². The van der Waals surface area contributed by atoms with Gasteiger partial charge < -0.3 is 20.6 Å². The van der Waals surface area contributed by atoms with Gasteiger partial charge in [0.05, 0.1) is 0 Å². The van der Waals surface area contributed by atoms with E-state index in [1.165, 1.54) is 4.90 Å². The summed E-state index contributed by atoms with van der Waals surface area (Å²) in [5.74, 6) is -1.15. The lowest BCUT2D eigenvalue weighted by atomic mass is 10.2. The third kappa shape index (κ3) is 6.46. The smallest absolute Gasteiger partial charge is 0.323 e. The summed E-state index contributed by atoms with van der Waals surface area (Å²) in [6.45, 7) is 3.64. The molecule has 0 saturated heterocycles. The summed E-state index contributed by atoms with van der Waals surface area (Å²) in [6, 6.07) is -0.345. The fraction of sp³-hybridized carbons (Fsp3) is 0.786. The molecule has 120 valence electrons. The van der Waals surface area contributed by atoms with E-state index in [4.69, 9.17) is 5.11 Å². The second kappa shape index (κ2) is 8.49. The number of aliphatic carboxylic acids is 1. The van der Waals surface area contributed by atoms with E-state index < -0.39 is 12.0 Å². The van der Waals surface area contributed by atoms with Crippen molar-refractivity contribution in [2.24, 2.45) is 0 Å². The summed E-state index contributed by atoms with van der Waals surface area (Å²) < 4.78 is 0. The van der Waals surface area contributed by atoms with Crippen molar-refractivity contribution in [3.05, 3.63) is 0 Å². The molecular weight excluding hydrogens is 274 g/mol. The zero-order valence-corrected chi connectivity index (χ0v) is 12.7. The lowest BCUT2D eigenvalue weighted by Crippen LogP contribution is -2.48. The van der Waals surface area contributed by atoms with E-state index in [9.17, 15) is 14.4 Å². The molecule has 7 heteroatoms. The lowest BCUT2D eigenvalue weighted by molar-refractivity contribution is -0.138. The van der Waals surface area contributed by atoms with E-state index in [2.05, 4.69) is 10.6 Å². The quantitative estimate of drug-likeness (QED) is 0.651. The third-order valence-corrected chi connectivity index (χ3v) is 3.41. The predicted molar refractivity (Wildman–Crippen MR) is 77.9 cm³/mol. The fourth-order valence-electron chi connectivity index (χ4n) is 2.51. The van der Waals surface area contributed by atoms with Crippen molar-refractivity contribution in [2.75, 3.05) is 13.1 Å². The summed E-state index contributed by atoms with van der Waals surface area (Å²) in [5.41, 5.74) is 0. The number of carbonyl (C=O) groups excluding carboxylic acids is 2. The summed E-state index contributed by atoms with van der Waals surface area (Å²) in [6.07, 6.45) is 3.91. The first kappa shape index (κ1) is 17.3. The van der Waals surface area contributed by atoms with Crippen LogP contribution >= 0.6 is 0 Å². The Kier molecular flexibility index (Phi) is 6.98. The third-order valence-electron chi connectivity index (χ3n) is 3.41. The van der Waals surface area contributed by atoms with Crippen LogP contribution in [-0.4, -0.2) is 53.1 Å². The molecule has 1 rings (SSSR count). The Labute approximate surface area is 125 Å². The summed E-state index contributed by atoms with van der Waals surface area (Å²) in [7, 11) is 0. The molecule has 1 fully saturated rings. The molecule has 1 aliphatic rings. The summed E-state index contributed by atoms with van der Waals surface area (Å²) in [4.78, 5) is 35.8. The molecule has 21 heavy (non-hydrogen) atoms. The number of carboxylic acid groups (broad SMARTS) is 1. The predicted octanol–water partition coefficient (Wildman–Crippen LogP) is 0.940. The van der Waals surface area contributed by atoms with E-state index in [1.807, 2.05) is 13.8 Å². The van der Waals surface area contributed by atoms with Crippen LogP contribution in [0.15, 0.2) is 0 Å². The van der Waals surface area contributed by atoms with Crippen molar-refractivity contribution in [3.63, 3.8) is 0 Å². The molecule has 0 spiro atoms. The number of amides is 3. The monoisotopic (exact) mass is 299 g/mol. The van der Waals surface area contributed by atoms with Gasteiger partial charge in [-0.1, -0.05) is 12.8 Å². The maximum absolute atomic E-state index is 12.1. The molecule has 0 atom stereocenters. The highest BCUT2D eigenvalue weighted by atomic mass is 16.4. The summed E-state index contributed by atoms with van der Waals surface area (Å²) in [5, 5.41) is 14.3. The van der Waals surface area contributed by atoms with Gasteiger partial charge in [-0.2, -0.15) is 0 Å². The van der Waals surface area contributed by atoms with Gasteiger partial charge in [-0.05, 0) is 26.7 Å². The largest absolute Gasteiger partial charge is 0.480 e. The Hall–Kier alpha value is -1.79. The van der Waals surface area contributed by atoms with E-state index in [0.29, 0.717) is 0 Å². The molecule has 0 aromatic carbocycles. The van der Waals surface area contributed by atoms with E-state index in [0.717, 1.165) is 25.7 Å². The normalized spacial score (nSPS) is 15.0. The second-order valence-electron chi connectivity index (χ2n) is 5.66. The Morgan fingerprint density at radius 2 is 1.86 bits per heavy atom. The first-order valence-corrected chi connectivity index (χ1v) is 7.45.